The first kappa shape index (κ1) is 14.9. The number of carboxylic acids is 1. The van der Waals surface area contributed by atoms with Crippen molar-refractivity contribution in [1.29, 1.82) is 0 Å². The average Bonchev–Trinajstić information content (AvgIpc) is 2.87. The minimum absolute atomic E-state index is 0.0476. The Morgan fingerprint density at radius 2 is 2.17 bits per heavy atom. The van der Waals surface area contributed by atoms with Gasteiger partial charge in [0.1, 0.15) is 6.61 Å². The summed E-state index contributed by atoms with van der Waals surface area (Å²) in [6, 6.07) is 4.31. The molecule has 3 rings (SSSR count). The van der Waals surface area contributed by atoms with Crippen LogP contribution in [0.2, 0.25) is 0 Å². The van der Waals surface area contributed by atoms with Crippen molar-refractivity contribution in [3.63, 3.8) is 0 Å². The van der Waals surface area contributed by atoms with Crippen molar-refractivity contribution >= 4 is 16.9 Å². The highest BCUT2D eigenvalue weighted by Crippen LogP contribution is 2.32. The van der Waals surface area contributed by atoms with Crippen LogP contribution in [-0.4, -0.2) is 31.1 Å². The van der Waals surface area contributed by atoms with Crippen molar-refractivity contribution in [2.24, 2.45) is 0 Å². The standard InChI is InChI=1S/C15H12FN3O4/c1-7-12(15(21)22)13-8(18-7)2-3-9(14(13)16)23-11-4-5-17-10(6-20)19-11/h2-5,18,20H,6H2,1H3,(H,21,22). The Hall–Kier alpha value is -3.00. The third-order valence-electron chi connectivity index (χ3n) is 3.30. The number of carbonyl (C=O) groups is 1. The second-order valence-electron chi connectivity index (χ2n) is 4.80. The van der Waals surface area contributed by atoms with Crippen LogP contribution in [0.25, 0.3) is 10.9 Å². The summed E-state index contributed by atoms with van der Waals surface area (Å²) in [5.74, 6) is -2.01. The summed E-state index contributed by atoms with van der Waals surface area (Å²) in [5, 5.41) is 18.2. The van der Waals surface area contributed by atoms with E-state index in [9.17, 15) is 14.3 Å². The first-order valence-corrected chi connectivity index (χ1v) is 6.66. The summed E-state index contributed by atoms with van der Waals surface area (Å²) in [6.07, 6.45) is 1.37. The third-order valence-corrected chi connectivity index (χ3v) is 3.30. The van der Waals surface area contributed by atoms with Crippen LogP contribution in [0.1, 0.15) is 21.9 Å². The molecule has 0 aliphatic carbocycles. The molecule has 0 amide bonds. The van der Waals surface area contributed by atoms with E-state index in [1.165, 1.54) is 24.4 Å². The van der Waals surface area contributed by atoms with E-state index in [4.69, 9.17) is 9.84 Å². The van der Waals surface area contributed by atoms with Crippen LogP contribution < -0.4 is 4.74 Å². The second-order valence-corrected chi connectivity index (χ2v) is 4.80. The lowest BCUT2D eigenvalue weighted by molar-refractivity contribution is 0.0698. The molecule has 0 saturated heterocycles. The molecule has 0 unspecified atom stereocenters. The lowest BCUT2D eigenvalue weighted by atomic mass is 10.1. The molecule has 23 heavy (non-hydrogen) atoms. The number of rotatable bonds is 4. The Morgan fingerprint density at radius 3 is 2.87 bits per heavy atom. The van der Waals surface area contributed by atoms with Gasteiger partial charge in [0.25, 0.3) is 0 Å². The van der Waals surface area contributed by atoms with Crippen LogP contribution in [0.15, 0.2) is 24.4 Å². The molecule has 0 fully saturated rings. The summed E-state index contributed by atoms with van der Waals surface area (Å²) < 4.78 is 20.0. The topological polar surface area (TPSA) is 108 Å². The van der Waals surface area contributed by atoms with Crippen molar-refractivity contribution in [3.8, 4) is 11.6 Å². The quantitative estimate of drug-likeness (QED) is 0.682. The summed E-state index contributed by atoms with van der Waals surface area (Å²) in [6.45, 7) is 1.18. The molecule has 2 aromatic heterocycles. The summed E-state index contributed by atoms with van der Waals surface area (Å²) >= 11 is 0. The molecule has 118 valence electrons. The van der Waals surface area contributed by atoms with Gasteiger partial charge in [-0.15, -0.1) is 0 Å². The number of hydrogen-bond acceptors (Lipinski definition) is 5. The van der Waals surface area contributed by atoms with Gasteiger partial charge in [0, 0.05) is 23.5 Å². The number of H-pyrrole nitrogens is 1. The number of aromatic carboxylic acids is 1. The number of aromatic amines is 1. The molecule has 0 aliphatic rings. The van der Waals surface area contributed by atoms with Crippen LogP contribution >= 0.6 is 0 Å². The number of aliphatic hydroxyl groups excluding tert-OH is 1. The molecule has 7 nitrogen and oxygen atoms in total. The monoisotopic (exact) mass is 317 g/mol. The predicted molar refractivity (Wildman–Crippen MR) is 78.0 cm³/mol. The fourth-order valence-corrected chi connectivity index (χ4v) is 2.33. The summed E-state index contributed by atoms with van der Waals surface area (Å²) in [4.78, 5) is 21.8. The molecular formula is C15H12FN3O4. The van der Waals surface area contributed by atoms with Crippen molar-refractivity contribution < 1.29 is 24.1 Å². The molecule has 1 aromatic carbocycles. The van der Waals surface area contributed by atoms with Crippen molar-refractivity contribution in [3.05, 3.63) is 47.3 Å². The maximum Gasteiger partial charge on any atom is 0.338 e. The molecule has 8 heteroatoms. The first-order chi connectivity index (χ1) is 11.0. The summed E-state index contributed by atoms with van der Waals surface area (Å²) in [5.41, 5.74) is 0.582. The van der Waals surface area contributed by atoms with Gasteiger partial charge >= 0.3 is 5.97 Å². The maximum atomic E-state index is 14.7. The fourth-order valence-electron chi connectivity index (χ4n) is 2.33. The lowest BCUT2D eigenvalue weighted by Crippen LogP contribution is -2.00. The number of fused-ring (bicyclic) bond motifs is 1. The van der Waals surface area contributed by atoms with E-state index in [1.54, 1.807) is 6.92 Å². The highest BCUT2D eigenvalue weighted by Gasteiger charge is 2.21. The van der Waals surface area contributed by atoms with E-state index in [-0.39, 0.29) is 35.0 Å². The number of carboxylic acid groups (broad SMARTS) is 1. The third kappa shape index (κ3) is 2.59. The Labute approximate surface area is 129 Å². The van der Waals surface area contributed by atoms with Gasteiger partial charge in [0.05, 0.1) is 10.9 Å². The fraction of sp³-hybridized carbons (Fsp3) is 0.133. The van der Waals surface area contributed by atoms with Crippen LogP contribution in [0.5, 0.6) is 11.6 Å². The Bertz CT molecular complexity index is 907. The zero-order valence-corrected chi connectivity index (χ0v) is 12.0. The molecule has 0 radical (unpaired) electrons. The van der Waals surface area contributed by atoms with Gasteiger partial charge in [0.15, 0.2) is 17.4 Å². The van der Waals surface area contributed by atoms with Crippen LogP contribution in [-0.2, 0) is 6.61 Å². The minimum Gasteiger partial charge on any atom is -0.478 e. The largest absolute Gasteiger partial charge is 0.478 e. The van der Waals surface area contributed by atoms with Gasteiger partial charge in [-0.1, -0.05) is 0 Å². The van der Waals surface area contributed by atoms with Crippen molar-refractivity contribution in [2.75, 3.05) is 0 Å². The Kier molecular flexibility index (Phi) is 3.67. The Morgan fingerprint density at radius 1 is 1.39 bits per heavy atom. The van der Waals surface area contributed by atoms with Crippen molar-refractivity contribution in [1.82, 2.24) is 15.0 Å². The molecule has 0 bridgehead atoms. The number of hydrogen-bond donors (Lipinski definition) is 3. The van der Waals surface area contributed by atoms with Gasteiger partial charge in [-0.2, -0.15) is 4.98 Å². The number of ether oxygens (including phenoxy) is 1. The number of nitrogens with one attached hydrogen (secondary N) is 1. The van der Waals surface area contributed by atoms with E-state index in [1.807, 2.05) is 0 Å². The minimum atomic E-state index is -1.23. The predicted octanol–water partition coefficient (Wildman–Crippen LogP) is 2.39. The zero-order valence-electron chi connectivity index (χ0n) is 12.0. The summed E-state index contributed by atoms with van der Waals surface area (Å²) in [7, 11) is 0. The molecular weight excluding hydrogens is 305 g/mol. The van der Waals surface area contributed by atoms with Gasteiger partial charge in [0.2, 0.25) is 5.88 Å². The van der Waals surface area contributed by atoms with E-state index in [2.05, 4.69) is 15.0 Å². The van der Waals surface area contributed by atoms with Gasteiger partial charge in [-0.3, -0.25) is 0 Å². The van der Waals surface area contributed by atoms with Crippen molar-refractivity contribution in [2.45, 2.75) is 13.5 Å². The first-order valence-electron chi connectivity index (χ1n) is 6.66. The molecule has 2 heterocycles. The molecule has 0 saturated carbocycles. The molecule has 3 aromatic rings. The normalized spacial score (nSPS) is 10.9. The van der Waals surface area contributed by atoms with E-state index in [0.717, 1.165) is 0 Å². The van der Waals surface area contributed by atoms with E-state index >= 15 is 0 Å². The number of aryl methyl sites for hydroxylation is 1. The van der Waals surface area contributed by atoms with Gasteiger partial charge in [-0.05, 0) is 19.1 Å². The number of halogens is 1. The second kappa shape index (κ2) is 5.65. The average molecular weight is 317 g/mol. The van der Waals surface area contributed by atoms with Crippen LogP contribution in [0.4, 0.5) is 4.39 Å². The smallest absolute Gasteiger partial charge is 0.338 e. The number of aliphatic hydroxyl groups is 1. The zero-order chi connectivity index (χ0) is 16.6. The van der Waals surface area contributed by atoms with Crippen LogP contribution in [0.3, 0.4) is 0 Å². The number of nitrogens with zero attached hydrogens (tertiary/aromatic N) is 2. The van der Waals surface area contributed by atoms with Gasteiger partial charge in [-0.25, -0.2) is 14.2 Å². The molecule has 3 N–H and O–H groups in total. The maximum absolute atomic E-state index is 14.7. The SMILES string of the molecule is Cc1[nH]c2ccc(Oc3ccnc(CO)n3)c(F)c2c1C(=O)O. The molecule has 0 atom stereocenters. The Balaban J connectivity index is 2.10. The number of benzene rings is 1. The lowest BCUT2D eigenvalue weighted by Gasteiger charge is -2.07. The highest BCUT2D eigenvalue weighted by molar-refractivity contribution is 6.05. The van der Waals surface area contributed by atoms with E-state index in [0.29, 0.717) is 11.2 Å². The van der Waals surface area contributed by atoms with Crippen LogP contribution in [0, 0.1) is 12.7 Å². The van der Waals surface area contributed by atoms with E-state index < -0.39 is 11.8 Å². The molecule has 0 spiro atoms. The highest BCUT2D eigenvalue weighted by atomic mass is 19.1. The number of aromatic nitrogens is 3. The molecule has 0 aliphatic heterocycles. The van der Waals surface area contributed by atoms with Gasteiger partial charge < -0.3 is 19.9 Å².